The normalized spacial score (nSPS) is 14.0. The average molecular weight is 258 g/mol. The van der Waals surface area contributed by atoms with E-state index in [9.17, 15) is 9.36 Å². The van der Waals surface area contributed by atoms with Crippen molar-refractivity contribution in [3.05, 3.63) is 30.3 Å². The molecule has 94 valence electrons. The molecule has 5 nitrogen and oxygen atoms in total. The number of hydrogen-bond donors (Lipinski definition) is 0. The lowest BCUT2D eigenvalue weighted by Gasteiger charge is -2.10. The Morgan fingerprint density at radius 3 is 2.47 bits per heavy atom. The molecule has 1 rings (SSSR count). The van der Waals surface area contributed by atoms with Crippen LogP contribution in [0.3, 0.4) is 0 Å². The smallest absolute Gasteiger partial charge is 0.327 e. The molecule has 1 unspecified atom stereocenters. The van der Waals surface area contributed by atoms with Gasteiger partial charge in [0.05, 0.1) is 0 Å². The Morgan fingerprint density at radius 2 is 1.88 bits per heavy atom. The van der Waals surface area contributed by atoms with Crippen molar-refractivity contribution in [3.8, 4) is 5.75 Å². The zero-order valence-electron chi connectivity index (χ0n) is 9.79. The number of carbonyl (C=O) groups is 1. The zero-order valence-corrected chi connectivity index (χ0v) is 10.7. The van der Waals surface area contributed by atoms with Crippen LogP contribution in [0.2, 0.25) is 0 Å². The lowest BCUT2D eigenvalue weighted by atomic mass is 10.3. The molecule has 0 N–H and O–H groups in total. The van der Waals surface area contributed by atoms with E-state index in [1.54, 1.807) is 12.1 Å². The average Bonchev–Trinajstić information content (AvgIpc) is 2.35. The summed E-state index contributed by atoms with van der Waals surface area (Å²) in [7, 11) is -1.83. The molecule has 0 heterocycles. The van der Waals surface area contributed by atoms with Gasteiger partial charge in [-0.2, -0.15) is 0 Å². The first-order valence-electron chi connectivity index (χ1n) is 5.01. The maximum absolute atomic E-state index is 11.4. The monoisotopic (exact) mass is 258 g/mol. The van der Waals surface area contributed by atoms with Crippen LogP contribution in [0.1, 0.15) is 0 Å². The van der Waals surface area contributed by atoms with Crippen molar-refractivity contribution in [2.45, 2.75) is 0 Å². The van der Waals surface area contributed by atoms with Gasteiger partial charge in [-0.05, 0) is 12.1 Å². The number of para-hydroxylation sites is 1. The molecule has 0 saturated carbocycles. The predicted molar refractivity (Wildman–Crippen MR) is 63.4 cm³/mol. The van der Waals surface area contributed by atoms with Crippen molar-refractivity contribution in [2.75, 3.05) is 27.0 Å². The maximum Gasteiger partial charge on any atom is 0.327 e. The number of rotatable bonds is 7. The Morgan fingerprint density at radius 1 is 1.24 bits per heavy atom. The van der Waals surface area contributed by atoms with E-state index in [1.165, 1.54) is 13.8 Å². The quantitative estimate of drug-likeness (QED) is 0.701. The van der Waals surface area contributed by atoms with E-state index in [1.807, 2.05) is 18.2 Å². The Balaban J connectivity index is 2.29. The lowest BCUT2D eigenvalue weighted by Crippen LogP contribution is -2.16. The minimum atomic E-state index is -3.10. The van der Waals surface area contributed by atoms with Crippen LogP contribution in [0.5, 0.6) is 5.75 Å². The van der Waals surface area contributed by atoms with Gasteiger partial charge in [0.1, 0.15) is 19.0 Å². The Bertz CT molecular complexity index is 404. The molecule has 1 atom stereocenters. The molecule has 0 radical (unpaired) electrons. The summed E-state index contributed by atoms with van der Waals surface area (Å²) in [6.07, 6.45) is 0. The molecule has 0 spiro atoms. The van der Waals surface area contributed by atoms with Gasteiger partial charge in [-0.3, -0.25) is 9.36 Å². The molecule has 0 aliphatic carbocycles. The van der Waals surface area contributed by atoms with Crippen LogP contribution in [0, 0.1) is 0 Å². The van der Waals surface area contributed by atoms with Crippen LogP contribution in [0.15, 0.2) is 30.3 Å². The second-order valence-corrected chi connectivity index (χ2v) is 5.53. The highest BCUT2D eigenvalue weighted by Gasteiger charge is 2.16. The first-order chi connectivity index (χ1) is 8.03. The van der Waals surface area contributed by atoms with Crippen LogP contribution >= 0.6 is 7.60 Å². The lowest BCUT2D eigenvalue weighted by molar-refractivity contribution is -0.123. The molecular formula is C11H15O5P. The van der Waals surface area contributed by atoms with E-state index < -0.39 is 7.60 Å². The molecule has 0 bridgehead atoms. The topological polar surface area (TPSA) is 61.8 Å². The number of Topliss-reactive ketones (excluding diaryl/α,β-unsaturated/α-hetero) is 1. The summed E-state index contributed by atoms with van der Waals surface area (Å²) in [4.78, 5) is 11.4. The van der Waals surface area contributed by atoms with Crippen molar-refractivity contribution in [3.63, 3.8) is 0 Å². The number of hydrogen-bond acceptors (Lipinski definition) is 5. The molecule has 0 aliphatic rings. The minimum Gasteiger partial charge on any atom is -0.486 e. The van der Waals surface area contributed by atoms with Gasteiger partial charge in [0, 0.05) is 13.8 Å². The first-order valence-corrected chi connectivity index (χ1v) is 7.00. The largest absolute Gasteiger partial charge is 0.486 e. The third kappa shape index (κ3) is 5.63. The van der Waals surface area contributed by atoms with Gasteiger partial charge in [0.15, 0.2) is 5.78 Å². The van der Waals surface area contributed by atoms with E-state index in [0.29, 0.717) is 5.75 Å². The van der Waals surface area contributed by atoms with E-state index in [4.69, 9.17) is 9.26 Å². The standard InChI is InChI=1S/C11H15O5P/c1-14-17(2,13)16-9-10(12)8-15-11-6-4-3-5-7-11/h3-7H,8-9H2,1-2H3. The molecule has 0 aromatic heterocycles. The molecule has 6 heteroatoms. The zero-order chi connectivity index (χ0) is 12.7. The van der Waals surface area contributed by atoms with E-state index in [2.05, 4.69) is 4.52 Å². The molecule has 0 saturated heterocycles. The Kier molecular flexibility index (Phi) is 5.35. The van der Waals surface area contributed by atoms with Gasteiger partial charge in [0.2, 0.25) is 0 Å². The molecule has 1 aromatic carbocycles. The number of ether oxygens (including phenoxy) is 1. The van der Waals surface area contributed by atoms with Gasteiger partial charge in [0.25, 0.3) is 0 Å². The highest BCUT2D eigenvalue weighted by atomic mass is 31.2. The summed E-state index contributed by atoms with van der Waals surface area (Å²) in [6.45, 7) is 0.903. The summed E-state index contributed by atoms with van der Waals surface area (Å²) in [5, 5.41) is 0. The van der Waals surface area contributed by atoms with Crippen molar-refractivity contribution in [2.24, 2.45) is 0 Å². The van der Waals surface area contributed by atoms with E-state index in [-0.39, 0.29) is 19.0 Å². The summed E-state index contributed by atoms with van der Waals surface area (Å²) in [5.74, 6) is 0.306. The van der Waals surface area contributed by atoms with Gasteiger partial charge in [-0.25, -0.2) is 0 Å². The molecule has 0 amide bonds. The minimum absolute atomic E-state index is 0.117. The number of carbonyl (C=O) groups excluding carboxylic acids is 1. The first kappa shape index (κ1) is 13.9. The molecule has 0 fully saturated rings. The molecule has 1 aromatic rings. The molecular weight excluding hydrogens is 243 g/mol. The fourth-order valence-corrected chi connectivity index (χ4v) is 1.45. The fraction of sp³-hybridized carbons (Fsp3) is 0.364. The fourth-order valence-electron chi connectivity index (χ4n) is 0.964. The summed E-state index contributed by atoms with van der Waals surface area (Å²) >= 11 is 0. The van der Waals surface area contributed by atoms with Gasteiger partial charge in [-0.15, -0.1) is 0 Å². The Hall–Kier alpha value is -1.16. The molecule has 17 heavy (non-hydrogen) atoms. The van der Waals surface area contributed by atoms with Crippen LogP contribution in [0.25, 0.3) is 0 Å². The summed E-state index contributed by atoms with van der Waals surface area (Å²) in [5.41, 5.74) is 0. The van der Waals surface area contributed by atoms with E-state index >= 15 is 0 Å². The third-order valence-electron chi connectivity index (χ3n) is 1.93. The van der Waals surface area contributed by atoms with Crippen LogP contribution in [-0.4, -0.2) is 32.8 Å². The second kappa shape index (κ2) is 6.55. The third-order valence-corrected chi connectivity index (χ3v) is 3.20. The van der Waals surface area contributed by atoms with Crippen LogP contribution < -0.4 is 4.74 Å². The second-order valence-electron chi connectivity index (χ2n) is 3.37. The van der Waals surface area contributed by atoms with Gasteiger partial charge >= 0.3 is 7.60 Å². The predicted octanol–water partition coefficient (Wildman–Crippen LogP) is 2.12. The maximum atomic E-state index is 11.4. The number of ketones is 1. The van der Waals surface area contributed by atoms with Crippen molar-refractivity contribution in [1.82, 2.24) is 0 Å². The van der Waals surface area contributed by atoms with Crippen molar-refractivity contribution < 1.29 is 23.1 Å². The highest BCUT2D eigenvalue weighted by molar-refractivity contribution is 7.52. The van der Waals surface area contributed by atoms with Crippen molar-refractivity contribution >= 4 is 13.4 Å². The Labute approximate surface area is 100 Å². The van der Waals surface area contributed by atoms with Crippen LogP contribution in [0.4, 0.5) is 0 Å². The van der Waals surface area contributed by atoms with Gasteiger partial charge in [-0.1, -0.05) is 18.2 Å². The molecule has 0 aliphatic heterocycles. The summed E-state index contributed by atoms with van der Waals surface area (Å²) in [6, 6.07) is 8.95. The van der Waals surface area contributed by atoms with Gasteiger partial charge < -0.3 is 13.8 Å². The van der Waals surface area contributed by atoms with Crippen LogP contribution in [-0.2, 0) is 18.4 Å². The van der Waals surface area contributed by atoms with E-state index in [0.717, 1.165) is 0 Å². The van der Waals surface area contributed by atoms with Crippen molar-refractivity contribution in [1.29, 1.82) is 0 Å². The SMILES string of the molecule is COP(C)(=O)OCC(=O)COc1ccccc1. The number of benzene rings is 1. The highest BCUT2D eigenvalue weighted by Crippen LogP contribution is 2.42. The summed E-state index contributed by atoms with van der Waals surface area (Å²) < 4.78 is 26.0.